The van der Waals surface area contributed by atoms with Gasteiger partial charge in [-0.15, -0.1) is 0 Å². The summed E-state index contributed by atoms with van der Waals surface area (Å²) >= 11 is 3.32. The first kappa shape index (κ1) is 20.1. The zero-order valence-corrected chi connectivity index (χ0v) is 16.1. The molecule has 0 spiro atoms. The molecule has 0 aliphatic carbocycles. The van der Waals surface area contributed by atoms with Crippen LogP contribution in [0.4, 0.5) is 0 Å². The van der Waals surface area contributed by atoms with E-state index in [0.717, 1.165) is 4.47 Å². The Morgan fingerprint density at radius 3 is 2.88 bits per heavy atom. The van der Waals surface area contributed by atoms with E-state index in [4.69, 9.17) is 9.47 Å². The highest BCUT2D eigenvalue weighted by molar-refractivity contribution is 9.10. The average Bonchev–Trinajstić information content (AvgIpc) is 2.60. The van der Waals surface area contributed by atoms with E-state index in [0.29, 0.717) is 17.5 Å². The molecule has 1 heterocycles. The molecule has 2 rings (SSSR count). The number of methoxy groups -OCH3 is 1. The molecule has 9 heteroatoms. The van der Waals surface area contributed by atoms with Crippen molar-refractivity contribution < 1.29 is 19.1 Å². The number of hydrogen-bond donors (Lipinski definition) is 1. The van der Waals surface area contributed by atoms with E-state index in [1.807, 2.05) is 0 Å². The van der Waals surface area contributed by atoms with Crippen LogP contribution in [0, 0.1) is 0 Å². The Bertz CT molecular complexity index is 852. The topological polar surface area (TPSA) is 99.5 Å². The molecule has 26 heavy (non-hydrogen) atoms. The summed E-state index contributed by atoms with van der Waals surface area (Å²) in [5, 5.41) is 3.09. The lowest BCUT2D eigenvalue weighted by atomic mass is 10.2. The van der Waals surface area contributed by atoms with Crippen molar-refractivity contribution in [3.8, 4) is 0 Å². The molecule has 1 amide bonds. The Kier molecular flexibility index (Phi) is 7.28. The minimum Gasteiger partial charge on any atom is -0.456 e. The number of halogens is 1. The van der Waals surface area contributed by atoms with Gasteiger partial charge in [-0.3, -0.25) is 19.0 Å². The Morgan fingerprint density at radius 2 is 2.15 bits per heavy atom. The van der Waals surface area contributed by atoms with Crippen LogP contribution in [0.25, 0.3) is 10.9 Å². The van der Waals surface area contributed by atoms with Gasteiger partial charge in [0.1, 0.15) is 0 Å². The number of nitrogens with zero attached hydrogens (tertiary/aromatic N) is 2. The van der Waals surface area contributed by atoms with E-state index >= 15 is 0 Å². The fourth-order valence-corrected chi connectivity index (χ4v) is 2.69. The number of amides is 1. The maximum absolute atomic E-state index is 12.4. The van der Waals surface area contributed by atoms with Crippen LogP contribution >= 0.6 is 15.9 Å². The second-order valence-corrected chi connectivity index (χ2v) is 6.65. The minimum atomic E-state index is -0.569. The van der Waals surface area contributed by atoms with Gasteiger partial charge in [0.25, 0.3) is 11.5 Å². The lowest BCUT2D eigenvalue weighted by Gasteiger charge is -2.12. The summed E-state index contributed by atoms with van der Waals surface area (Å²) in [7, 11) is 1.53. The molecule has 1 aromatic carbocycles. The Labute approximate surface area is 158 Å². The minimum absolute atomic E-state index is 0.0397. The molecular weight excluding hydrogens is 406 g/mol. The number of esters is 1. The van der Waals surface area contributed by atoms with E-state index < -0.39 is 11.9 Å². The summed E-state index contributed by atoms with van der Waals surface area (Å²) in [6, 6.07) is 5.05. The van der Waals surface area contributed by atoms with Gasteiger partial charge in [-0.1, -0.05) is 15.9 Å². The quantitative estimate of drug-likeness (QED) is 0.638. The monoisotopic (exact) mass is 425 g/mol. The Balaban J connectivity index is 1.87. The Morgan fingerprint density at radius 1 is 1.38 bits per heavy atom. The number of carbonyl (C=O) groups is 2. The summed E-state index contributed by atoms with van der Waals surface area (Å²) in [6.45, 7) is 1.90. The normalized spacial score (nSPS) is 12.0. The van der Waals surface area contributed by atoms with E-state index in [9.17, 15) is 14.4 Å². The van der Waals surface area contributed by atoms with Crippen LogP contribution in [0.5, 0.6) is 0 Å². The van der Waals surface area contributed by atoms with E-state index in [2.05, 4.69) is 26.2 Å². The van der Waals surface area contributed by atoms with Crippen molar-refractivity contribution in [1.29, 1.82) is 0 Å². The molecule has 0 aliphatic heterocycles. The van der Waals surface area contributed by atoms with Crippen LogP contribution in [0.2, 0.25) is 0 Å². The molecule has 1 N–H and O–H groups in total. The van der Waals surface area contributed by atoms with E-state index in [1.165, 1.54) is 18.0 Å². The smallest absolute Gasteiger partial charge is 0.308 e. The average molecular weight is 426 g/mol. The molecular formula is C17H20BrN3O5. The van der Waals surface area contributed by atoms with E-state index in [-0.39, 0.29) is 31.2 Å². The summed E-state index contributed by atoms with van der Waals surface area (Å²) in [5.74, 6) is -0.974. The molecule has 0 radical (unpaired) electrons. The third-order valence-corrected chi connectivity index (χ3v) is 4.02. The van der Waals surface area contributed by atoms with Crippen LogP contribution in [-0.2, 0) is 25.6 Å². The number of hydrogen-bond acceptors (Lipinski definition) is 6. The van der Waals surface area contributed by atoms with Gasteiger partial charge in [0.15, 0.2) is 6.61 Å². The van der Waals surface area contributed by atoms with Gasteiger partial charge < -0.3 is 14.8 Å². The van der Waals surface area contributed by atoms with Gasteiger partial charge >= 0.3 is 5.97 Å². The molecule has 2 aromatic rings. The molecule has 140 valence electrons. The number of benzene rings is 1. The molecule has 1 unspecified atom stereocenters. The second-order valence-electron chi connectivity index (χ2n) is 5.74. The molecule has 1 aromatic heterocycles. The van der Waals surface area contributed by atoms with Gasteiger partial charge in [0, 0.05) is 24.2 Å². The fourth-order valence-electron chi connectivity index (χ4n) is 2.33. The van der Waals surface area contributed by atoms with Crippen molar-refractivity contribution in [2.45, 2.75) is 25.9 Å². The molecule has 0 saturated carbocycles. The van der Waals surface area contributed by atoms with Gasteiger partial charge in [0.2, 0.25) is 0 Å². The third-order valence-electron chi connectivity index (χ3n) is 3.53. The van der Waals surface area contributed by atoms with Crippen molar-refractivity contribution in [1.82, 2.24) is 14.9 Å². The van der Waals surface area contributed by atoms with Gasteiger partial charge in [-0.2, -0.15) is 0 Å². The predicted octanol–water partition coefficient (Wildman–Crippen LogP) is 1.24. The third kappa shape index (κ3) is 5.63. The molecule has 0 aliphatic rings. The number of aromatic nitrogens is 2. The van der Waals surface area contributed by atoms with Crippen LogP contribution in [0.1, 0.15) is 13.3 Å². The molecule has 0 bridgehead atoms. The SMILES string of the molecule is COCC(C)NC(=O)COC(=O)CCn1cnc2ccc(Br)cc2c1=O. The number of fused-ring (bicyclic) bond motifs is 1. The van der Waals surface area contributed by atoms with Crippen molar-refractivity contribution >= 4 is 38.7 Å². The summed E-state index contributed by atoms with van der Waals surface area (Å²) in [6.07, 6.45) is 1.35. The summed E-state index contributed by atoms with van der Waals surface area (Å²) in [4.78, 5) is 40.0. The number of ether oxygens (including phenoxy) is 2. The summed E-state index contributed by atoms with van der Waals surface area (Å²) in [5.41, 5.74) is 0.342. The molecule has 0 saturated heterocycles. The number of rotatable bonds is 8. The fraction of sp³-hybridized carbons (Fsp3) is 0.412. The zero-order valence-electron chi connectivity index (χ0n) is 14.5. The number of nitrogens with one attached hydrogen (secondary N) is 1. The first-order valence-corrected chi connectivity index (χ1v) is 8.78. The van der Waals surface area contributed by atoms with E-state index in [1.54, 1.807) is 25.1 Å². The van der Waals surface area contributed by atoms with Crippen LogP contribution in [0.15, 0.2) is 33.8 Å². The van der Waals surface area contributed by atoms with Gasteiger partial charge in [0.05, 0.1) is 30.3 Å². The van der Waals surface area contributed by atoms with Gasteiger partial charge in [-0.05, 0) is 25.1 Å². The van der Waals surface area contributed by atoms with Crippen LogP contribution in [-0.4, -0.2) is 47.8 Å². The highest BCUT2D eigenvalue weighted by atomic mass is 79.9. The highest BCUT2D eigenvalue weighted by Gasteiger charge is 2.11. The molecule has 8 nitrogen and oxygen atoms in total. The number of carbonyl (C=O) groups excluding carboxylic acids is 2. The van der Waals surface area contributed by atoms with Crippen molar-refractivity contribution in [2.75, 3.05) is 20.3 Å². The van der Waals surface area contributed by atoms with Gasteiger partial charge in [-0.25, -0.2) is 4.98 Å². The first-order chi connectivity index (χ1) is 12.4. The van der Waals surface area contributed by atoms with Crippen molar-refractivity contribution in [3.05, 3.63) is 39.4 Å². The number of aryl methyl sites for hydroxylation is 1. The maximum Gasteiger partial charge on any atom is 0.308 e. The van der Waals surface area contributed by atoms with Crippen molar-refractivity contribution in [3.63, 3.8) is 0 Å². The zero-order chi connectivity index (χ0) is 19.1. The lowest BCUT2D eigenvalue weighted by Crippen LogP contribution is -2.38. The molecule has 0 fully saturated rings. The first-order valence-electron chi connectivity index (χ1n) is 7.99. The lowest BCUT2D eigenvalue weighted by molar-refractivity contribution is -0.149. The summed E-state index contributed by atoms with van der Waals surface area (Å²) < 4.78 is 11.9. The Hall–Kier alpha value is -2.26. The largest absolute Gasteiger partial charge is 0.456 e. The molecule has 1 atom stereocenters. The maximum atomic E-state index is 12.4. The van der Waals surface area contributed by atoms with Crippen LogP contribution < -0.4 is 10.9 Å². The second kappa shape index (κ2) is 9.44. The van der Waals surface area contributed by atoms with Crippen LogP contribution in [0.3, 0.4) is 0 Å². The standard InChI is InChI=1S/C17H20BrN3O5/c1-11(8-25-2)20-15(22)9-26-16(23)5-6-21-10-19-14-4-3-12(18)7-13(14)17(21)24/h3-4,7,10-11H,5-6,8-9H2,1-2H3,(H,20,22). The highest BCUT2D eigenvalue weighted by Crippen LogP contribution is 2.14. The van der Waals surface area contributed by atoms with Crippen molar-refractivity contribution in [2.24, 2.45) is 0 Å². The predicted molar refractivity (Wildman–Crippen MR) is 98.8 cm³/mol.